The number of pyridine rings is 1. The largest absolute Gasteiger partial charge is 0.497 e. The van der Waals surface area contributed by atoms with Crippen LogP contribution in [0.1, 0.15) is 34.3 Å². The highest BCUT2D eigenvalue weighted by Crippen LogP contribution is 2.31. The quantitative estimate of drug-likeness (QED) is 0.374. The lowest BCUT2D eigenvalue weighted by Gasteiger charge is -2.14. The van der Waals surface area contributed by atoms with Crippen LogP contribution in [0.15, 0.2) is 72.9 Å². The standard InChI is InChI=1S/C26H22F3N3O3/c1-16-31-22(14-24(32-16)35-15-17-3-9-21(34-2)10-4-17)19-11-12-30-23(13-19)25(33)18-5-7-20(8-6-18)26(27,28)29/h3-14,25,33H,15H2,1-2H3. The molecule has 1 unspecified atom stereocenters. The van der Waals surface area contributed by atoms with Crippen molar-refractivity contribution in [1.29, 1.82) is 0 Å². The van der Waals surface area contributed by atoms with Gasteiger partial charge in [0.05, 0.1) is 24.1 Å². The second kappa shape index (κ2) is 10.1. The van der Waals surface area contributed by atoms with Gasteiger partial charge in [-0.15, -0.1) is 0 Å². The number of alkyl halides is 3. The van der Waals surface area contributed by atoms with Crippen molar-refractivity contribution in [2.24, 2.45) is 0 Å². The minimum absolute atomic E-state index is 0.277. The van der Waals surface area contributed by atoms with Crippen LogP contribution < -0.4 is 9.47 Å². The molecule has 6 nitrogen and oxygen atoms in total. The summed E-state index contributed by atoms with van der Waals surface area (Å²) < 4.78 is 49.5. The van der Waals surface area contributed by atoms with E-state index in [2.05, 4.69) is 15.0 Å². The Balaban J connectivity index is 1.53. The maximum Gasteiger partial charge on any atom is 0.416 e. The van der Waals surface area contributed by atoms with Gasteiger partial charge in [-0.3, -0.25) is 4.98 Å². The Bertz CT molecular complexity index is 1290. The third-order valence-electron chi connectivity index (χ3n) is 5.27. The van der Waals surface area contributed by atoms with Gasteiger partial charge in [-0.1, -0.05) is 24.3 Å². The van der Waals surface area contributed by atoms with E-state index in [1.165, 1.54) is 18.3 Å². The van der Waals surface area contributed by atoms with Crippen LogP contribution >= 0.6 is 0 Å². The molecule has 0 spiro atoms. The molecule has 0 bridgehead atoms. The van der Waals surface area contributed by atoms with E-state index in [9.17, 15) is 18.3 Å². The van der Waals surface area contributed by atoms with Gasteiger partial charge in [0.1, 0.15) is 24.3 Å². The maximum atomic E-state index is 12.8. The summed E-state index contributed by atoms with van der Waals surface area (Å²) in [7, 11) is 1.60. The molecule has 35 heavy (non-hydrogen) atoms. The van der Waals surface area contributed by atoms with Crippen molar-refractivity contribution < 1.29 is 27.8 Å². The normalized spacial score (nSPS) is 12.3. The number of rotatable bonds is 7. The van der Waals surface area contributed by atoms with Crippen molar-refractivity contribution in [2.45, 2.75) is 25.8 Å². The average molecular weight is 481 g/mol. The summed E-state index contributed by atoms with van der Waals surface area (Å²) in [6.07, 6.45) is -4.14. The monoisotopic (exact) mass is 481 g/mol. The van der Waals surface area contributed by atoms with E-state index in [0.717, 1.165) is 23.4 Å². The summed E-state index contributed by atoms with van der Waals surface area (Å²) in [4.78, 5) is 13.0. The first-order valence-electron chi connectivity index (χ1n) is 10.7. The van der Waals surface area contributed by atoms with Crippen molar-refractivity contribution in [3.8, 4) is 22.9 Å². The number of methoxy groups -OCH3 is 1. The number of benzene rings is 2. The fourth-order valence-corrected chi connectivity index (χ4v) is 3.42. The zero-order valence-corrected chi connectivity index (χ0v) is 19.0. The average Bonchev–Trinajstić information content (AvgIpc) is 2.86. The van der Waals surface area contributed by atoms with Gasteiger partial charge < -0.3 is 14.6 Å². The Kier molecular flexibility index (Phi) is 6.97. The zero-order chi connectivity index (χ0) is 25.0. The number of hydrogen-bond donors (Lipinski definition) is 1. The third kappa shape index (κ3) is 5.93. The van der Waals surface area contributed by atoms with E-state index in [0.29, 0.717) is 35.1 Å². The Labute approximate surface area is 200 Å². The summed E-state index contributed by atoms with van der Waals surface area (Å²) in [6, 6.07) is 16.9. The van der Waals surface area contributed by atoms with Crippen LogP contribution in [0.3, 0.4) is 0 Å². The second-order valence-corrected chi connectivity index (χ2v) is 7.77. The van der Waals surface area contributed by atoms with Crippen LogP contribution in [0, 0.1) is 6.92 Å². The summed E-state index contributed by atoms with van der Waals surface area (Å²) in [5.74, 6) is 1.62. The molecule has 0 saturated carbocycles. The molecule has 0 aliphatic rings. The molecule has 2 aromatic carbocycles. The van der Waals surface area contributed by atoms with Gasteiger partial charge in [-0.2, -0.15) is 18.2 Å². The molecule has 0 saturated heterocycles. The van der Waals surface area contributed by atoms with Gasteiger partial charge in [0.2, 0.25) is 5.88 Å². The van der Waals surface area contributed by atoms with E-state index < -0.39 is 17.8 Å². The number of halogens is 3. The molecule has 0 aliphatic carbocycles. The summed E-state index contributed by atoms with van der Waals surface area (Å²) in [5, 5.41) is 10.7. The van der Waals surface area contributed by atoms with E-state index in [-0.39, 0.29) is 5.69 Å². The van der Waals surface area contributed by atoms with Crippen LogP contribution in [0.5, 0.6) is 11.6 Å². The number of aromatic nitrogens is 3. The highest BCUT2D eigenvalue weighted by atomic mass is 19.4. The smallest absolute Gasteiger partial charge is 0.416 e. The molecular formula is C26H22F3N3O3. The fraction of sp³-hybridized carbons (Fsp3) is 0.192. The number of aliphatic hydroxyl groups excluding tert-OH is 1. The molecule has 9 heteroatoms. The first kappa shape index (κ1) is 24.2. The Hall–Kier alpha value is -3.98. The molecule has 0 aliphatic heterocycles. The lowest BCUT2D eigenvalue weighted by atomic mass is 10.0. The van der Waals surface area contributed by atoms with E-state index in [1.807, 2.05) is 24.3 Å². The van der Waals surface area contributed by atoms with E-state index >= 15 is 0 Å². The predicted octanol–water partition coefficient (Wildman–Crippen LogP) is 5.54. The van der Waals surface area contributed by atoms with Gasteiger partial charge in [-0.25, -0.2) is 4.98 Å². The van der Waals surface area contributed by atoms with Gasteiger partial charge in [0, 0.05) is 17.8 Å². The van der Waals surface area contributed by atoms with Crippen LogP contribution in [0.25, 0.3) is 11.3 Å². The molecule has 2 aromatic heterocycles. The van der Waals surface area contributed by atoms with Gasteiger partial charge in [0.15, 0.2) is 0 Å². The van der Waals surface area contributed by atoms with Crippen molar-refractivity contribution in [2.75, 3.05) is 7.11 Å². The summed E-state index contributed by atoms with van der Waals surface area (Å²) in [6.45, 7) is 2.04. The molecule has 0 amide bonds. The molecular weight excluding hydrogens is 459 g/mol. The van der Waals surface area contributed by atoms with Gasteiger partial charge in [0.25, 0.3) is 0 Å². The highest BCUT2D eigenvalue weighted by Gasteiger charge is 2.30. The van der Waals surface area contributed by atoms with Gasteiger partial charge >= 0.3 is 6.18 Å². The molecule has 2 heterocycles. The molecule has 4 rings (SSSR count). The van der Waals surface area contributed by atoms with Gasteiger partial charge in [-0.05, 0) is 54.4 Å². The minimum Gasteiger partial charge on any atom is -0.497 e. The fourth-order valence-electron chi connectivity index (χ4n) is 3.42. The Morgan fingerprint density at radius 2 is 1.66 bits per heavy atom. The molecule has 0 radical (unpaired) electrons. The SMILES string of the molecule is COc1ccc(COc2cc(-c3ccnc(C(O)c4ccc(C(F)(F)F)cc4)c3)nc(C)n2)cc1. The van der Waals surface area contributed by atoms with Crippen molar-refractivity contribution in [3.05, 3.63) is 101 Å². The topological polar surface area (TPSA) is 77.4 Å². The lowest BCUT2D eigenvalue weighted by Crippen LogP contribution is -2.07. The number of aliphatic hydroxyl groups is 1. The number of ether oxygens (including phenoxy) is 2. The lowest BCUT2D eigenvalue weighted by molar-refractivity contribution is -0.137. The van der Waals surface area contributed by atoms with E-state index in [4.69, 9.17) is 9.47 Å². The first-order chi connectivity index (χ1) is 16.7. The second-order valence-electron chi connectivity index (χ2n) is 7.77. The number of aryl methyl sites for hydroxylation is 1. The van der Waals surface area contributed by atoms with Crippen molar-refractivity contribution in [3.63, 3.8) is 0 Å². The maximum absolute atomic E-state index is 12.8. The molecule has 0 fully saturated rings. The molecule has 4 aromatic rings. The highest BCUT2D eigenvalue weighted by molar-refractivity contribution is 5.60. The van der Waals surface area contributed by atoms with Crippen molar-refractivity contribution >= 4 is 0 Å². The summed E-state index contributed by atoms with van der Waals surface area (Å²) in [5.41, 5.74) is 1.94. The zero-order valence-electron chi connectivity index (χ0n) is 19.0. The molecule has 1 N–H and O–H groups in total. The number of nitrogens with zero attached hydrogens (tertiary/aromatic N) is 3. The number of hydrogen-bond acceptors (Lipinski definition) is 6. The third-order valence-corrected chi connectivity index (χ3v) is 5.27. The predicted molar refractivity (Wildman–Crippen MR) is 123 cm³/mol. The van der Waals surface area contributed by atoms with Crippen LogP contribution in [-0.4, -0.2) is 27.2 Å². The van der Waals surface area contributed by atoms with Crippen LogP contribution in [0.4, 0.5) is 13.2 Å². The Morgan fingerprint density at radius 3 is 2.31 bits per heavy atom. The Morgan fingerprint density at radius 1 is 0.943 bits per heavy atom. The van der Waals surface area contributed by atoms with Crippen molar-refractivity contribution in [1.82, 2.24) is 15.0 Å². The first-order valence-corrected chi connectivity index (χ1v) is 10.7. The van der Waals surface area contributed by atoms with Crippen LogP contribution in [0.2, 0.25) is 0 Å². The van der Waals surface area contributed by atoms with E-state index in [1.54, 1.807) is 32.2 Å². The molecule has 1 atom stereocenters. The molecule has 180 valence electrons. The van der Waals surface area contributed by atoms with Crippen LogP contribution in [-0.2, 0) is 12.8 Å². The minimum atomic E-state index is -4.44. The summed E-state index contributed by atoms with van der Waals surface area (Å²) >= 11 is 0.